The summed E-state index contributed by atoms with van der Waals surface area (Å²) in [5.74, 6) is 0.749. The zero-order valence-electron chi connectivity index (χ0n) is 7.45. The number of fused-ring (bicyclic) bond motifs is 2. The summed E-state index contributed by atoms with van der Waals surface area (Å²) in [4.78, 5) is 13.6. The van der Waals surface area contributed by atoms with Crippen molar-refractivity contribution in [2.45, 2.75) is 25.8 Å². The molecule has 2 unspecified atom stereocenters. The maximum absolute atomic E-state index is 11.4. The monoisotopic (exact) mass is 169 g/mol. The molecule has 2 bridgehead atoms. The third kappa shape index (κ3) is 1.22. The summed E-state index contributed by atoms with van der Waals surface area (Å²) in [5, 5.41) is 0. The predicted molar refractivity (Wildman–Crippen MR) is 44.7 cm³/mol. The van der Waals surface area contributed by atoms with E-state index in [9.17, 15) is 4.79 Å². The number of piperidine rings is 1. The van der Waals surface area contributed by atoms with Crippen molar-refractivity contribution in [2.24, 2.45) is 5.92 Å². The van der Waals surface area contributed by atoms with Gasteiger partial charge in [-0.2, -0.15) is 0 Å². The maximum atomic E-state index is 11.4. The smallest absolute Gasteiger partial charge is 0.323 e. The molecule has 12 heavy (non-hydrogen) atoms. The van der Waals surface area contributed by atoms with Gasteiger partial charge in [-0.05, 0) is 32.2 Å². The standard InChI is InChI=1S/C9H15NO2/c1-2-12-9(11)8-5-7-3-4-10(8)6-7/h7-8H,2-6H2,1H3/t7?,8-/m0/s1. The van der Waals surface area contributed by atoms with Crippen LogP contribution >= 0.6 is 0 Å². The molecule has 0 aliphatic carbocycles. The highest BCUT2D eigenvalue weighted by molar-refractivity contribution is 5.76. The van der Waals surface area contributed by atoms with Gasteiger partial charge in [-0.15, -0.1) is 0 Å². The molecular formula is C9H15NO2. The lowest BCUT2D eigenvalue weighted by atomic mass is 10.0. The zero-order valence-corrected chi connectivity index (χ0v) is 7.45. The largest absolute Gasteiger partial charge is 0.465 e. The van der Waals surface area contributed by atoms with Crippen molar-refractivity contribution in [2.75, 3.05) is 19.7 Å². The van der Waals surface area contributed by atoms with Crippen LogP contribution in [0.2, 0.25) is 0 Å². The fourth-order valence-electron chi connectivity index (χ4n) is 2.29. The Hall–Kier alpha value is -0.570. The van der Waals surface area contributed by atoms with Gasteiger partial charge in [0.1, 0.15) is 6.04 Å². The molecule has 0 aromatic heterocycles. The molecule has 3 atom stereocenters. The van der Waals surface area contributed by atoms with E-state index in [0.29, 0.717) is 6.61 Å². The minimum absolute atomic E-state index is 0.0142. The molecule has 2 aliphatic heterocycles. The van der Waals surface area contributed by atoms with Gasteiger partial charge in [-0.3, -0.25) is 9.69 Å². The van der Waals surface area contributed by atoms with Crippen molar-refractivity contribution < 1.29 is 9.53 Å². The van der Waals surface area contributed by atoms with Crippen LogP contribution in [-0.2, 0) is 9.53 Å². The Morgan fingerprint density at radius 1 is 1.67 bits per heavy atom. The van der Waals surface area contributed by atoms with Crippen LogP contribution in [0.15, 0.2) is 0 Å². The number of nitrogens with zero attached hydrogens (tertiary/aromatic N) is 1. The molecule has 0 saturated carbocycles. The highest BCUT2D eigenvalue weighted by Gasteiger charge is 2.41. The molecule has 2 saturated heterocycles. The van der Waals surface area contributed by atoms with E-state index in [-0.39, 0.29) is 12.0 Å². The first-order chi connectivity index (χ1) is 5.81. The molecule has 68 valence electrons. The van der Waals surface area contributed by atoms with Gasteiger partial charge in [0.2, 0.25) is 0 Å². The van der Waals surface area contributed by atoms with Gasteiger partial charge in [0.15, 0.2) is 0 Å². The minimum atomic E-state index is -0.0142. The molecule has 3 nitrogen and oxygen atoms in total. The number of carbonyl (C=O) groups excluding carboxylic acids is 1. The number of esters is 1. The molecule has 2 heterocycles. The second-order valence-electron chi connectivity index (χ2n) is 3.65. The fraction of sp³-hybridized carbons (Fsp3) is 0.889. The van der Waals surface area contributed by atoms with Crippen LogP contribution < -0.4 is 0 Å². The first kappa shape index (κ1) is 8.05. The fourth-order valence-corrected chi connectivity index (χ4v) is 2.29. The quantitative estimate of drug-likeness (QED) is 0.568. The molecule has 0 amide bonds. The van der Waals surface area contributed by atoms with Crippen molar-refractivity contribution in [3.63, 3.8) is 0 Å². The Morgan fingerprint density at radius 2 is 2.50 bits per heavy atom. The van der Waals surface area contributed by atoms with Gasteiger partial charge in [0.25, 0.3) is 0 Å². The summed E-state index contributed by atoms with van der Waals surface area (Å²) in [5.41, 5.74) is 0. The van der Waals surface area contributed by atoms with E-state index in [1.807, 2.05) is 6.92 Å². The Morgan fingerprint density at radius 3 is 3.00 bits per heavy atom. The van der Waals surface area contributed by atoms with E-state index in [4.69, 9.17) is 4.74 Å². The first-order valence-electron chi connectivity index (χ1n) is 4.72. The van der Waals surface area contributed by atoms with Crippen molar-refractivity contribution in [1.29, 1.82) is 0 Å². The maximum Gasteiger partial charge on any atom is 0.323 e. The van der Waals surface area contributed by atoms with Gasteiger partial charge in [-0.1, -0.05) is 0 Å². The second kappa shape index (κ2) is 3.05. The molecule has 0 spiro atoms. The molecule has 2 rings (SSSR count). The van der Waals surface area contributed by atoms with E-state index >= 15 is 0 Å². The predicted octanol–water partition coefficient (Wildman–Crippen LogP) is 0.644. The normalized spacial score (nSPS) is 38.6. The lowest BCUT2D eigenvalue weighted by Gasteiger charge is -2.22. The summed E-state index contributed by atoms with van der Waals surface area (Å²) in [7, 11) is 0. The third-order valence-corrected chi connectivity index (χ3v) is 2.87. The Balaban J connectivity index is 1.93. The summed E-state index contributed by atoms with van der Waals surface area (Å²) in [6.45, 7) is 4.58. The lowest BCUT2D eigenvalue weighted by molar-refractivity contribution is -0.148. The van der Waals surface area contributed by atoms with Crippen molar-refractivity contribution in [3.05, 3.63) is 0 Å². The zero-order chi connectivity index (χ0) is 8.55. The van der Waals surface area contributed by atoms with Gasteiger partial charge in [-0.25, -0.2) is 0 Å². The second-order valence-corrected chi connectivity index (χ2v) is 3.65. The van der Waals surface area contributed by atoms with E-state index < -0.39 is 0 Å². The van der Waals surface area contributed by atoms with Crippen LogP contribution in [0.25, 0.3) is 0 Å². The molecule has 0 aromatic rings. The van der Waals surface area contributed by atoms with Crippen LogP contribution in [0.4, 0.5) is 0 Å². The highest BCUT2D eigenvalue weighted by Crippen LogP contribution is 2.33. The summed E-state index contributed by atoms with van der Waals surface area (Å²) < 4.78 is 5.00. The van der Waals surface area contributed by atoms with E-state index in [1.54, 1.807) is 0 Å². The van der Waals surface area contributed by atoms with Crippen LogP contribution in [0.3, 0.4) is 0 Å². The molecule has 0 aromatic carbocycles. The van der Waals surface area contributed by atoms with Gasteiger partial charge >= 0.3 is 5.97 Å². The van der Waals surface area contributed by atoms with Crippen LogP contribution in [0.5, 0.6) is 0 Å². The average Bonchev–Trinajstić information content (AvgIpc) is 2.64. The summed E-state index contributed by atoms with van der Waals surface area (Å²) in [6, 6.07) is 0.0868. The Bertz CT molecular complexity index is 193. The number of hydrogen-bond acceptors (Lipinski definition) is 3. The average molecular weight is 169 g/mol. The number of rotatable bonds is 2. The van der Waals surface area contributed by atoms with Crippen molar-refractivity contribution >= 4 is 5.97 Å². The molecule has 2 aliphatic rings. The van der Waals surface area contributed by atoms with Gasteiger partial charge in [0, 0.05) is 6.54 Å². The first-order valence-corrected chi connectivity index (χ1v) is 4.72. The van der Waals surface area contributed by atoms with Gasteiger partial charge < -0.3 is 4.74 Å². The SMILES string of the molecule is CCOC(=O)[C@@H]1CC2CCN1C2. The highest BCUT2D eigenvalue weighted by atomic mass is 16.5. The van der Waals surface area contributed by atoms with Gasteiger partial charge in [0.05, 0.1) is 6.61 Å². The Kier molecular flexibility index (Phi) is 2.05. The number of carbonyl (C=O) groups is 1. The molecular weight excluding hydrogens is 154 g/mol. The summed E-state index contributed by atoms with van der Waals surface area (Å²) in [6.07, 6.45) is 2.30. The van der Waals surface area contributed by atoms with Crippen molar-refractivity contribution in [1.82, 2.24) is 4.90 Å². The minimum Gasteiger partial charge on any atom is -0.465 e. The lowest BCUT2D eigenvalue weighted by Crippen LogP contribution is -2.37. The van der Waals surface area contributed by atoms with Crippen molar-refractivity contribution in [3.8, 4) is 0 Å². The Labute approximate surface area is 72.7 Å². The molecule has 2 fully saturated rings. The molecule has 0 N–H and O–H groups in total. The molecule has 0 radical (unpaired) electrons. The topological polar surface area (TPSA) is 29.5 Å². The molecule has 3 heteroatoms. The van der Waals surface area contributed by atoms with E-state index in [2.05, 4.69) is 4.90 Å². The number of ether oxygens (including phenoxy) is 1. The number of hydrogen-bond donors (Lipinski definition) is 0. The van der Waals surface area contributed by atoms with E-state index in [1.165, 1.54) is 6.42 Å². The van der Waals surface area contributed by atoms with Crippen LogP contribution in [0.1, 0.15) is 19.8 Å². The van der Waals surface area contributed by atoms with Crippen LogP contribution in [0, 0.1) is 5.92 Å². The van der Waals surface area contributed by atoms with Crippen LogP contribution in [-0.4, -0.2) is 36.6 Å². The third-order valence-electron chi connectivity index (χ3n) is 2.87. The van der Waals surface area contributed by atoms with E-state index in [0.717, 1.165) is 25.4 Å². The summed E-state index contributed by atoms with van der Waals surface area (Å²) >= 11 is 0.